The van der Waals surface area contributed by atoms with Gasteiger partial charge in [-0.2, -0.15) is 0 Å². The monoisotopic (exact) mass is 320 g/mol. The van der Waals surface area contributed by atoms with E-state index in [4.69, 9.17) is 11.1 Å². The minimum absolute atomic E-state index is 0.0640. The first-order chi connectivity index (χ1) is 11.1. The van der Waals surface area contributed by atoms with Crippen LogP contribution in [0.25, 0.3) is 16.8 Å². The molecular formula is C19H16N2OS. The molecule has 0 saturated heterocycles. The molecule has 4 heteroatoms. The fourth-order valence-corrected chi connectivity index (χ4v) is 3.17. The van der Waals surface area contributed by atoms with Crippen molar-refractivity contribution in [2.75, 3.05) is 0 Å². The Morgan fingerprint density at radius 3 is 2.39 bits per heavy atom. The standard InChI is InChI=1S/C19H16N2OS/c20-19(21)17-9-8-15-12-14(6-7-16(15)13-17)10-11-23(22)18-4-2-1-3-5-18/h1-13H,(H3,20,21). The Balaban J connectivity index is 1.86. The lowest BCUT2D eigenvalue weighted by atomic mass is 10.0. The Morgan fingerprint density at radius 1 is 0.957 bits per heavy atom. The summed E-state index contributed by atoms with van der Waals surface area (Å²) in [6.45, 7) is 0. The second-order valence-corrected chi connectivity index (χ2v) is 6.49. The summed E-state index contributed by atoms with van der Waals surface area (Å²) in [6.07, 6.45) is 1.86. The Labute approximate surface area is 137 Å². The molecule has 3 aromatic carbocycles. The third-order valence-electron chi connectivity index (χ3n) is 3.53. The van der Waals surface area contributed by atoms with E-state index in [0.717, 1.165) is 21.2 Å². The number of fused-ring (bicyclic) bond motifs is 1. The van der Waals surface area contributed by atoms with E-state index in [2.05, 4.69) is 0 Å². The molecule has 0 aliphatic heterocycles. The van der Waals surface area contributed by atoms with Crippen LogP contribution in [0.2, 0.25) is 0 Å². The molecule has 0 heterocycles. The molecule has 0 aromatic heterocycles. The molecule has 0 aliphatic carbocycles. The number of hydrogen-bond donors (Lipinski definition) is 2. The highest BCUT2D eigenvalue weighted by atomic mass is 32.2. The van der Waals surface area contributed by atoms with Crippen LogP contribution in [-0.4, -0.2) is 10.0 Å². The fourth-order valence-electron chi connectivity index (χ4n) is 2.31. The minimum atomic E-state index is -1.15. The van der Waals surface area contributed by atoms with Crippen molar-refractivity contribution in [2.24, 2.45) is 5.73 Å². The van der Waals surface area contributed by atoms with Gasteiger partial charge in [0.25, 0.3) is 0 Å². The molecule has 0 aliphatic rings. The summed E-state index contributed by atoms with van der Waals surface area (Å²) >= 11 is 0. The van der Waals surface area contributed by atoms with E-state index >= 15 is 0 Å². The van der Waals surface area contributed by atoms with Crippen LogP contribution >= 0.6 is 0 Å². The van der Waals surface area contributed by atoms with Gasteiger partial charge in [-0.25, -0.2) is 4.21 Å². The lowest BCUT2D eigenvalue weighted by Gasteiger charge is -2.03. The average molecular weight is 320 g/mol. The first-order valence-corrected chi connectivity index (χ1v) is 8.37. The molecule has 114 valence electrons. The van der Waals surface area contributed by atoms with Crippen LogP contribution in [0.15, 0.2) is 77.0 Å². The zero-order chi connectivity index (χ0) is 16.2. The molecule has 0 amide bonds. The molecule has 3 aromatic rings. The summed E-state index contributed by atoms with van der Waals surface area (Å²) in [5.41, 5.74) is 7.21. The first-order valence-electron chi connectivity index (χ1n) is 7.15. The topological polar surface area (TPSA) is 66.9 Å². The van der Waals surface area contributed by atoms with Gasteiger partial charge < -0.3 is 5.73 Å². The van der Waals surface area contributed by atoms with E-state index < -0.39 is 10.8 Å². The van der Waals surface area contributed by atoms with Gasteiger partial charge in [-0.05, 0) is 46.7 Å². The summed E-state index contributed by atoms with van der Waals surface area (Å²) in [6, 6.07) is 21.0. The van der Waals surface area contributed by atoms with E-state index in [1.807, 2.05) is 72.8 Å². The summed E-state index contributed by atoms with van der Waals surface area (Å²) in [5, 5.41) is 11.3. The molecule has 0 bridgehead atoms. The van der Waals surface area contributed by atoms with Gasteiger partial charge in [0.1, 0.15) is 5.84 Å². The van der Waals surface area contributed by atoms with Crippen molar-refractivity contribution in [3.8, 4) is 0 Å². The summed E-state index contributed by atoms with van der Waals surface area (Å²) < 4.78 is 12.2. The van der Waals surface area contributed by atoms with Gasteiger partial charge in [-0.3, -0.25) is 5.41 Å². The van der Waals surface area contributed by atoms with Gasteiger partial charge in [0.2, 0.25) is 0 Å². The van der Waals surface area contributed by atoms with Crippen molar-refractivity contribution in [1.29, 1.82) is 5.41 Å². The van der Waals surface area contributed by atoms with Gasteiger partial charge in [-0.1, -0.05) is 42.5 Å². The molecule has 3 N–H and O–H groups in total. The molecule has 0 radical (unpaired) electrons. The van der Waals surface area contributed by atoms with Crippen LogP contribution in [0.5, 0.6) is 0 Å². The zero-order valence-corrected chi connectivity index (χ0v) is 13.2. The van der Waals surface area contributed by atoms with E-state index in [1.54, 1.807) is 5.41 Å². The smallest absolute Gasteiger partial charge is 0.122 e. The highest BCUT2D eigenvalue weighted by Crippen LogP contribution is 2.19. The molecule has 1 unspecified atom stereocenters. The van der Waals surface area contributed by atoms with Crippen LogP contribution in [-0.2, 0) is 10.8 Å². The lowest BCUT2D eigenvalue weighted by Crippen LogP contribution is -2.10. The molecular weight excluding hydrogens is 304 g/mol. The Bertz CT molecular complexity index is 917. The molecule has 0 saturated carbocycles. The predicted octanol–water partition coefficient (Wildman–Crippen LogP) is 3.90. The fraction of sp³-hybridized carbons (Fsp3) is 0. The molecule has 0 fully saturated rings. The van der Waals surface area contributed by atoms with Crippen molar-refractivity contribution in [1.82, 2.24) is 0 Å². The van der Waals surface area contributed by atoms with Crippen molar-refractivity contribution in [3.05, 3.63) is 83.3 Å². The highest BCUT2D eigenvalue weighted by Gasteiger charge is 2.01. The minimum Gasteiger partial charge on any atom is -0.384 e. The van der Waals surface area contributed by atoms with Gasteiger partial charge in [-0.15, -0.1) is 0 Å². The van der Waals surface area contributed by atoms with Crippen molar-refractivity contribution >= 4 is 33.5 Å². The van der Waals surface area contributed by atoms with E-state index in [-0.39, 0.29) is 5.84 Å². The number of rotatable bonds is 4. The predicted molar refractivity (Wildman–Crippen MR) is 96.8 cm³/mol. The van der Waals surface area contributed by atoms with Crippen LogP contribution < -0.4 is 5.73 Å². The summed E-state index contributed by atoms with van der Waals surface area (Å²) in [7, 11) is -1.15. The van der Waals surface area contributed by atoms with E-state index in [0.29, 0.717) is 5.56 Å². The first kappa shape index (κ1) is 15.2. The van der Waals surface area contributed by atoms with Crippen LogP contribution in [0.4, 0.5) is 0 Å². The SMILES string of the molecule is N=C(N)c1ccc2cc(C=CS(=O)c3ccccc3)ccc2c1. The molecule has 0 spiro atoms. The molecule has 23 heavy (non-hydrogen) atoms. The zero-order valence-electron chi connectivity index (χ0n) is 12.4. The van der Waals surface area contributed by atoms with Crippen molar-refractivity contribution in [3.63, 3.8) is 0 Å². The third kappa shape index (κ3) is 3.55. The molecule has 3 rings (SSSR count). The van der Waals surface area contributed by atoms with Gasteiger partial charge in [0.05, 0.1) is 10.8 Å². The second-order valence-electron chi connectivity index (χ2n) is 5.15. The number of nitrogen functional groups attached to an aromatic ring is 1. The Hall–Kier alpha value is -2.72. The van der Waals surface area contributed by atoms with Gasteiger partial charge >= 0.3 is 0 Å². The summed E-state index contributed by atoms with van der Waals surface area (Å²) in [4.78, 5) is 0.788. The maximum Gasteiger partial charge on any atom is 0.122 e. The number of nitrogens with one attached hydrogen (secondary N) is 1. The second kappa shape index (κ2) is 6.58. The van der Waals surface area contributed by atoms with Crippen LogP contribution in [0.1, 0.15) is 11.1 Å². The number of nitrogens with two attached hydrogens (primary N) is 1. The molecule has 3 nitrogen and oxygen atoms in total. The number of hydrogen-bond acceptors (Lipinski definition) is 2. The molecule has 1 atom stereocenters. The van der Waals surface area contributed by atoms with Gasteiger partial charge in [0.15, 0.2) is 0 Å². The summed E-state index contributed by atoms with van der Waals surface area (Å²) in [5.74, 6) is 0.0640. The maximum absolute atomic E-state index is 12.2. The van der Waals surface area contributed by atoms with E-state index in [1.165, 1.54) is 0 Å². The average Bonchev–Trinajstić information content (AvgIpc) is 2.59. The lowest BCUT2D eigenvalue weighted by molar-refractivity contribution is 0.688. The quantitative estimate of drug-likeness (QED) is 0.565. The number of benzene rings is 3. The van der Waals surface area contributed by atoms with Gasteiger partial charge in [0, 0.05) is 15.9 Å². The highest BCUT2D eigenvalue weighted by molar-refractivity contribution is 7.88. The van der Waals surface area contributed by atoms with Crippen molar-refractivity contribution < 1.29 is 4.21 Å². The maximum atomic E-state index is 12.2. The van der Waals surface area contributed by atoms with Crippen molar-refractivity contribution in [2.45, 2.75) is 4.90 Å². The Morgan fingerprint density at radius 2 is 1.65 bits per heavy atom. The number of amidine groups is 1. The van der Waals surface area contributed by atoms with Crippen LogP contribution in [0.3, 0.4) is 0 Å². The Kier molecular flexibility index (Phi) is 4.35. The van der Waals surface area contributed by atoms with Crippen LogP contribution in [0, 0.1) is 5.41 Å². The van der Waals surface area contributed by atoms with E-state index in [9.17, 15) is 4.21 Å². The largest absolute Gasteiger partial charge is 0.384 e. The third-order valence-corrected chi connectivity index (χ3v) is 4.65. The normalized spacial score (nSPS) is 12.5.